The number of nitrogens with zero attached hydrogens (tertiary/aromatic N) is 5. The summed E-state index contributed by atoms with van der Waals surface area (Å²) in [5, 5.41) is 7.53. The number of anilines is 1. The molecule has 1 aliphatic rings. The maximum absolute atomic E-state index is 12.5. The van der Waals surface area contributed by atoms with Crippen LogP contribution in [0.2, 0.25) is 0 Å². The summed E-state index contributed by atoms with van der Waals surface area (Å²) < 4.78 is 1.71. The standard InChI is InChI=1S/C19H26N6O/c1-15-6-4-5-7-16(15)8-9-21-19(20-2)24-10-11-25(18(26)14-24)17-12-22-23(3)13-17/h4-7,12-13H,8-11,14H2,1-3H3,(H,20,21). The van der Waals surface area contributed by atoms with Crippen LogP contribution in [-0.2, 0) is 18.3 Å². The lowest BCUT2D eigenvalue weighted by atomic mass is 10.1. The first-order valence-electron chi connectivity index (χ1n) is 8.87. The van der Waals surface area contributed by atoms with Crippen LogP contribution in [0.3, 0.4) is 0 Å². The largest absolute Gasteiger partial charge is 0.356 e. The van der Waals surface area contributed by atoms with Crippen molar-refractivity contribution in [3.63, 3.8) is 0 Å². The molecule has 2 heterocycles. The number of rotatable bonds is 4. The van der Waals surface area contributed by atoms with Gasteiger partial charge in [0, 0.05) is 39.9 Å². The lowest BCUT2D eigenvalue weighted by Crippen LogP contribution is -2.55. The maximum Gasteiger partial charge on any atom is 0.246 e. The molecule has 1 aliphatic heterocycles. The number of nitrogens with one attached hydrogen (secondary N) is 1. The molecule has 138 valence electrons. The van der Waals surface area contributed by atoms with Gasteiger partial charge in [0.15, 0.2) is 5.96 Å². The summed E-state index contributed by atoms with van der Waals surface area (Å²) in [6, 6.07) is 8.39. The van der Waals surface area contributed by atoms with E-state index >= 15 is 0 Å². The number of carbonyl (C=O) groups excluding carboxylic acids is 1. The van der Waals surface area contributed by atoms with E-state index in [9.17, 15) is 4.79 Å². The van der Waals surface area contributed by atoms with Crippen molar-refractivity contribution < 1.29 is 4.79 Å². The van der Waals surface area contributed by atoms with Gasteiger partial charge in [-0.3, -0.25) is 14.5 Å². The van der Waals surface area contributed by atoms with Gasteiger partial charge in [-0.1, -0.05) is 24.3 Å². The molecule has 7 heteroatoms. The molecule has 7 nitrogen and oxygen atoms in total. The maximum atomic E-state index is 12.5. The van der Waals surface area contributed by atoms with E-state index in [0.717, 1.165) is 31.2 Å². The molecule has 0 unspecified atom stereocenters. The Morgan fingerprint density at radius 2 is 2.12 bits per heavy atom. The van der Waals surface area contributed by atoms with Crippen molar-refractivity contribution in [2.24, 2.45) is 12.0 Å². The number of piperazine rings is 1. The average Bonchev–Trinajstić information content (AvgIpc) is 3.06. The Hall–Kier alpha value is -2.83. The van der Waals surface area contributed by atoms with Crippen molar-refractivity contribution in [1.29, 1.82) is 0 Å². The molecule has 26 heavy (non-hydrogen) atoms. The summed E-state index contributed by atoms with van der Waals surface area (Å²) >= 11 is 0. The Morgan fingerprint density at radius 1 is 1.31 bits per heavy atom. The number of aromatic nitrogens is 2. The third kappa shape index (κ3) is 4.04. The molecule has 1 aromatic heterocycles. The molecule has 0 bridgehead atoms. The normalized spacial score (nSPS) is 15.5. The molecular weight excluding hydrogens is 328 g/mol. The van der Waals surface area contributed by atoms with Gasteiger partial charge in [0.05, 0.1) is 11.9 Å². The van der Waals surface area contributed by atoms with Gasteiger partial charge in [-0.25, -0.2) is 0 Å². The van der Waals surface area contributed by atoms with Gasteiger partial charge in [0.1, 0.15) is 6.54 Å². The van der Waals surface area contributed by atoms with E-state index in [-0.39, 0.29) is 5.91 Å². The molecule has 1 N–H and O–H groups in total. The molecule has 0 aliphatic carbocycles. The van der Waals surface area contributed by atoms with Crippen molar-refractivity contribution in [2.75, 3.05) is 38.1 Å². The van der Waals surface area contributed by atoms with Gasteiger partial charge < -0.3 is 15.1 Å². The quantitative estimate of drug-likeness (QED) is 0.662. The number of hydrogen-bond acceptors (Lipinski definition) is 3. The second-order valence-electron chi connectivity index (χ2n) is 6.49. The molecule has 1 amide bonds. The lowest BCUT2D eigenvalue weighted by Gasteiger charge is -2.35. The summed E-state index contributed by atoms with van der Waals surface area (Å²) in [5.41, 5.74) is 3.47. The monoisotopic (exact) mass is 354 g/mol. The minimum absolute atomic E-state index is 0.0612. The van der Waals surface area contributed by atoms with Crippen LogP contribution in [0, 0.1) is 6.92 Å². The topological polar surface area (TPSA) is 65.8 Å². The first-order valence-corrected chi connectivity index (χ1v) is 8.87. The Morgan fingerprint density at radius 3 is 2.77 bits per heavy atom. The van der Waals surface area contributed by atoms with Gasteiger partial charge in [-0.05, 0) is 24.5 Å². The third-order valence-electron chi connectivity index (χ3n) is 4.67. The van der Waals surface area contributed by atoms with E-state index in [1.54, 1.807) is 22.8 Å². The zero-order valence-corrected chi connectivity index (χ0v) is 15.6. The van der Waals surface area contributed by atoms with Crippen molar-refractivity contribution in [2.45, 2.75) is 13.3 Å². The highest BCUT2D eigenvalue weighted by molar-refractivity contribution is 5.98. The predicted molar refractivity (Wildman–Crippen MR) is 103 cm³/mol. The van der Waals surface area contributed by atoms with Crippen LogP contribution in [0.1, 0.15) is 11.1 Å². The van der Waals surface area contributed by atoms with Crippen LogP contribution in [-0.4, -0.2) is 59.8 Å². The molecule has 0 radical (unpaired) electrons. The molecule has 0 saturated carbocycles. The SMILES string of the molecule is CN=C(NCCc1ccccc1C)N1CCN(c2cnn(C)c2)C(=O)C1. The second kappa shape index (κ2) is 8.03. The number of carbonyl (C=O) groups is 1. The fourth-order valence-electron chi connectivity index (χ4n) is 3.21. The van der Waals surface area contributed by atoms with Crippen LogP contribution in [0.4, 0.5) is 5.69 Å². The van der Waals surface area contributed by atoms with E-state index in [1.165, 1.54) is 11.1 Å². The number of guanidine groups is 1. The minimum atomic E-state index is 0.0612. The van der Waals surface area contributed by atoms with Crippen LogP contribution in [0.15, 0.2) is 41.7 Å². The highest BCUT2D eigenvalue weighted by Crippen LogP contribution is 2.16. The summed E-state index contributed by atoms with van der Waals surface area (Å²) in [7, 11) is 3.61. The van der Waals surface area contributed by atoms with Gasteiger partial charge in [-0.15, -0.1) is 0 Å². The summed E-state index contributed by atoms with van der Waals surface area (Å²) in [4.78, 5) is 20.7. The molecule has 1 aromatic carbocycles. The fraction of sp³-hybridized carbons (Fsp3) is 0.421. The Bertz CT molecular complexity index is 797. The number of amides is 1. The highest BCUT2D eigenvalue weighted by Gasteiger charge is 2.27. The zero-order chi connectivity index (χ0) is 18.5. The van der Waals surface area contributed by atoms with Crippen LogP contribution in [0.5, 0.6) is 0 Å². The first kappa shape index (κ1) is 18.0. The highest BCUT2D eigenvalue weighted by atomic mass is 16.2. The van der Waals surface area contributed by atoms with Crippen LogP contribution < -0.4 is 10.2 Å². The van der Waals surface area contributed by atoms with E-state index < -0.39 is 0 Å². The molecule has 1 fully saturated rings. The zero-order valence-electron chi connectivity index (χ0n) is 15.6. The van der Waals surface area contributed by atoms with Gasteiger partial charge in [0.25, 0.3) is 0 Å². The van der Waals surface area contributed by atoms with Gasteiger partial charge in [-0.2, -0.15) is 5.10 Å². The van der Waals surface area contributed by atoms with Crippen LogP contribution >= 0.6 is 0 Å². The number of aryl methyl sites for hydroxylation is 2. The average molecular weight is 354 g/mol. The molecule has 1 saturated heterocycles. The summed E-state index contributed by atoms with van der Waals surface area (Å²) in [6.07, 6.45) is 4.51. The molecule has 2 aromatic rings. The lowest BCUT2D eigenvalue weighted by molar-refractivity contribution is -0.120. The molecule has 0 atom stereocenters. The van der Waals surface area contributed by atoms with Gasteiger partial charge >= 0.3 is 0 Å². The van der Waals surface area contributed by atoms with E-state index in [0.29, 0.717) is 13.1 Å². The fourth-order valence-corrected chi connectivity index (χ4v) is 3.21. The second-order valence-corrected chi connectivity index (χ2v) is 6.49. The minimum Gasteiger partial charge on any atom is -0.356 e. The smallest absolute Gasteiger partial charge is 0.246 e. The Balaban J connectivity index is 1.55. The molecule has 0 spiro atoms. The summed E-state index contributed by atoms with van der Waals surface area (Å²) in [5.74, 6) is 0.837. The van der Waals surface area contributed by atoms with Crippen molar-refractivity contribution in [3.05, 3.63) is 47.8 Å². The third-order valence-corrected chi connectivity index (χ3v) is 4.67. The first-order chi connectivity index (χ1) is 12.6. The number of benzene rings is 1. The van der Waals surface area contributed by atoms with Crippen molar-refractivity contribution >= 4 is 17.6 Å². The van der Waals surface area contributed by atoms with E-state index in [2.05, 4.69) is 46.6 Å². The van der Waals surface area contributed by atoms with Crippen LogP contribution in [0.25, 0.3) is 0 Å². The van der Waals surface area contributed by atoms with E-state index in [4.69, 9.17) is 0 Å². The number of aliphatic imine (C=N–C) groups is 1. The molecular formula is C19H26N6O. The number of hydrogen-bond donors (Lipinski definition) is 1. The molecule has 3 rings (SSSR count). The van der Waals surface area contributed by atoms with Crippen molar-refractivity contribution in [3.8, 4) is 0 Å². The van der Waals surface area contributed by atoms with Gasteiger partial charge in [0.2, 0.25) is 5.91 Å². The predicted octanol–water partition coefficient (Wildman–Crippen LogP) is 1.20. The Labute approximate surface area is 154 Å². The van der Waals surface area contributed by atoms with Crippen molar-refractivity contribution in [1.82, 2.24) is 20.0 Å². The van der Waals surface area contributed by atoms with E-state index in [1.807, 2.05) is 18.1 Å². The summed E-state index contributed by atoms with van der Waals surface area (Å²) in [6.45, 7) is 4.60. The Kier molecular flexibility index (Phi) is 5.55.